The molecule has 0 aromatic rings. The highest BCUT2D eigenvalue weighted by Gasteiger charge is 2.30. The molecule has 0 spiro atoms. The molecule has 0 saturated carbocycles. The zero-order valence-corrected chi connectivity index (χ0v) is 6.68. The quantitative estimate of drug-likeness (QED) is 0.646. The van der Waals surface area contributed by atoms with Crippen molar-refractivity contribution < 1.29 is 27.9 Å². The number of hydrogen-bond acceptors (Lipinski definition) is 2. The largest absolute Gasteiger partial charge is 0.481 e. The Labute approximate surface area is 71.7 Å². The van der Waals surface area contributed by atoms with Crippen molar-refractivity contribution in [1.29, 1.82) is 0 Å². The van der Waals surface area contributed by atoms with Crippen LogP contribution in [-0.4, -0.2) is 29.7 Å². The maximum Gasteiger partial charge on any atom is 0.405 e. The molecule has 0 aliphatic carbocycles. The molecule has 0 saturated heterocycles. The van der Waals surface area contributed by atoms with Crippen LogP contribution in [0.15, 0.2) is 0 Å². The average Bonchev–Trinajstić information content (AvgIpc) is 1.97. The number of aliphatic carboxylic acids is 1. The molecule has 0 aromatic carbocycles. The smallest absolute Gasteiger partial charge is 0.405 e. The molecule has 0 rings (SSSR count). The SMILES string of the molecule is C[C@H](C(=O)O)C(=O)NCC(F)(F)F. The molecule has 0 heterocycles. The molecule has 2 N–H and O–H groups in total. The number of carbonyl (C=O) groups excluding carboxylic acids is 1. The van der Waals surface area contributed by atoms with Gasteiger partial charge in [-0.2, -0.15) is 13.2 Å². The summed E-state index contributed by atoms with van der Waals surface area (Å²) in [5.74, 6) is -4.08. The van der Waals surface area contributed by atoms with Gasteiger partial charge in [-0.05, 0) is 6.92 Å². The fourth-order valence-corrected chi connectivity index (χ4v) is 0.453. The first-order valence-corrected chi connectivity index (χ1v) is 3.31. The zero-order valence-electron chi connectivity index (χ0n) is 6.68. The van der Waals surface area contributed by atoms with Crippen LogP contribution in [0.3, 0.4) is 0 Å². The summed E-state index contributed by atoms with van der Waals surface area (Å²) in [6, 6.07) is 0. The minimum atomic E-state index is -4.52. The van der Waals surface area contributed by atoms with Crippen molar-refractivity contribution in [2.24, 2.45) is 5.92 Å². The first-order valence-electron chi connectivity index (χ1n) is 3.31. The second-order valence-electron chi connectivity index (χ2n) is 2.39. The summed E-state index contributed by atoms with van der Waals surface area (Å²) in [5.41, 5.74) is 0. The lowest BCUT2D eigenvalue weighted by atomic mass is 10.2. The molecule has 0 aromatic heterocycles. The van der Waals surface area contributed by atoms with Crippen LogP contribution in [0.2, 0.25) is 0 Å². The number of carboxylic acid groups (broad SMARTS) is 1. The minimum Gasteiger partial charge on any atom is -0.481 e. The van der Waals surface area contributed by atoms with E-state index >= 15 is 0 Å². The maximum atomic E-state index is 11.5. The third-order valence-corrected chi connectivity index (χ3v) is 1.23. The predicted octanol–water partition coefficient (Wildman–Crippen LogP) is 0.386. The van der Waals surface area contributed by atoms with Gasteiger partial charge in [-0.3, -0.25) is 9.59 Å². The van der Waals surface area contributed by atoms with E-state index in [1.165, 1.54) is 5.32 Å². The molecule has 76 valence electrons. The molecule has 1 atom stereocenters. The summed E-state index contributed by atoms with van der Waals surface area (Å²) >= 11 is 0. The fraction of sp³-hybridized carbons (Fsp3) is 0.667. The van der Waals surface area contributed by atoms with Crippen LogP contribution in [0.25, 0.3) is 0 Å². The molecule has 1 amide bonds. The van der Waals surface area contributed by atoms with E-state index in [1.54, 1.807) is 0 Å². The van der Waals surface area contributed by atoms with Gasteiger partial charge in [0.15, 0.2) is 0 Å². The van der Waals surface area contributed by atoms with Gasteiger partial charge < -0.3 is 10.4 Å². The highest BCUT2D eigenvalue weighted by atomic mass is 19.4. The molecule has 13 heavy (non-hydrogen) atoms. The standard InChI is InChI=1S/C6H8F3NO3/c1-3(5(12)13)4(11)10-2-6(7,8)9/h3H,2H2,1H3,(H,10,11)(H,12,13)/t3-/m0/s1. The third kappa shape index (κ3) is 5.05. The molecular formula is C6H8F3NO3. The lowest BCUT2D eigenvalue weighted by Gasteiger charge is -2.10. The molecular weight excluding hydrogens is 191 g/mol. The second-order valence-corrected chi connectivity index (χ2v) is 2.39. The number of carboxylic acids is 1. The Morgan fingerprint density at radius 3 is 2.23 bits per heavy atom. The number of carbonyl (C=O) groups is 2. The van der Waals surface area contributed by atoms with Crippen LogP contribution in [0.1, 0.15) is 6.92 Å². The monoisotopic (exact) mass is 199 g/mol. The Morgan fingerprint density at radius 1 is 1.46 bits per heavy atom. The van der Waals surface area contributed by atoms with Gasteiger partial charge in [-0.1, -0.05) is 0 Å². The fourth-order valence-electron chi connectivity index (χ4n) is 0.453. The Morgan fingerprint density at radius 2 is 1.92 bits per heavy atom. The van der Waals surface area contributed by atoms with Crippen LogP contribution in [0.4, 0.5) is 13.2 Å². The minimum absolute atomic E-state index is 1.01. The number of hydrogen-bond donors (Lipinski definition) is 2. The number of amides is 1. The highest BCUT2D eigenvalue weighted by Crippen LogP contribution is 2.12. The van der Waals surface area contributed by atoms with E-state index in [-0.39, 0.29) is 0 Å². The number of nitrogens with one attached hydrogen (secondary N) is 1. The first kappa shape index (κ1) is 11.7. The third-order valence-electron chi connectivity index (χ3n) is 1.23. The molecule has 0 unspecified atom stereocenters. The molecule has 7 heteroatoms. The van der Waals surface area contributed by atoms with Crippen molar-refractivity contribution in [3.8, 4) is 0 Å². The van der Waals surface area contributed by atoms with Crippen molar-refractivity contribution in [2.45, 2.75) is 13.1 Å². The lowest BCUT2D eigenvalue weighted by molar-refractivity contribution is -0.150. The van der Waals surface area contributed by atoms with E-state index in [4.69, 9.17) is 5.11 Å². The van der Waals surface area contributed by atoms with E-state index in [2.05, 4.69) is 0 Å². The topological polar surface area (TPSA) is 66.4 Å². The number of rotatable bonds is 3. The first-order chi connectivity index (χ1) is 5.74. The van der Waals surface area contributed by atoms with Gasteiger partial charge in [0.25, 0.3) is 0 Å². The van der Waals surface area contributed by atoms with Crippen LogP contribution >= 0.6 is 0 Å². The second kappa shape index (κ2) is 4.11. The summed E-state index contributed by atoms with van der Waals surface area (Å²) < 4.78 is 34.6. The van der Waals surface area contributed by atoms with Crippen molar-refractivity contribution in [1.82, 2.24) is 5.32 Å². The lowest BCUT2D eigenvalue weighted by Crippen LogP contribution is -2.39. The van der Waals surface area contributed by atoms with Gasteiger partial charge in [-0.15, -0.1) is 0 Å². The molecule has 0 aliphatic heterocycles. The summed E-state index contributed by atoms with van der Waals surface area (Å²) in [6.45, 7) is -0.502. The van der Waals surface area contributed by atoms with Crippen molar-refractivity contribution in [3.63, 3.8) is 0 Å². The summed E-state index contributed by atoms with van der Waals surface area (Å²) in [5, 5.41) is 9.70. The molecule has 0 fully saturated rings. The Hall–Kier alpha value is -1.27. The van der Waals surface area contributed by atoms with E-state index < -0.39 is 30.5 Å². The highest BCUT2D eigenvalue weighted by molar-refractivity contribution is 5.96. The summed E-state index contributed by atoms with van der Waals surface area (Å²) in [4.78, 5) is 20.8. The van der Waals surface area contributed by atoms with Crippen molar-refractivity contribution >= 4 is 11.9 Å². The van der Waals surface area contributed by atoms with E-state index in [0.717, 1.165) is 6.92 Å². The van der Waals surface area contributed by atoms with Crippen LogP contribution < -0.4 is 5.32 Å². The Bertz CT molecular complexity index is 214. The number of alkyl halides is 3. The average molecular weight is 199 g/mol. The van der Waals surface area contributed by atoms with E-state index in [0.29, 0.717) is 0 Å². The van der Waals surface area contributed by atoms with Crippen LogP contribution in [-0.2, 0) is 9.59 Å². The van der Waals surface area contributed by atoms with Gasteiger partial charge in [0.1, 0.15) is 12.5 Å². The molecule has 4 nitrogen and oxygen atoms in total. The van der Waals surface area contributed by atoms with Gasteiger partial charge in [0, 0.05) is 0 Å². The van der Waals surface area contributed by atoms with Crippen LogP contribution in [0.5, 0.6) is 0 Å². The zero-order chi connectivity index (χ0) is 10.6. The van der Waals surface area contributed by atoms with Gasteiger partial charge in [0.2, 0.25) is 5.91 Å². The van der Waals surface area contributed by atoms with Crippen molar-refractivity contribution in [3.05, 3.63) is 0 Å². The number of halogens is 3. The summed E-state index contributed by atoms with van der Waals surface area (Å²) in [7, 11) is 0. The van der Waals surface area contributed by atoms with E-state index in [9.17, 15) is 22.8 Å². The Balaban J connectivity index is 3.96. The van der Waals surface area contributed by atoms with Gasteiger partial charge >= 0.3 is 12.1 Å². The Kier molecular flexibility index (Phi) is 3.70. The van der Waals surface area contributed by atoms with Gasteiger partial charge in [0.05, 0.1) is 0 Å². The molecule has 0 aliphatic rings. The van der Waals surface area contributed by atoms with E-state index in [1.807, 2.05) is 0 Å². The normalized spacial score (nSPS) is 13.5. The van der Waals surface area contributed by atoms with Gasteiger partial charge in [-0.25, -0.2) is 0 Å². The maximum absolute atomic E-state index is 11.5. The van der Waals surface area contributed by atoms with Crippen molar-refractivity contribution in [2.75, 3.05) is 6.54 Å². The predicted molar refractivity (Wildman–Crippen MR) is 35.9 cm³/mol. The molecule has 0 bridgehead atoms. The summed E-state index contributed by atoms with van der Waals surface area (Å²) in [6.07, 6.45) is -4.52. The molecule has 0 radical (unpaired) electrons. The van der Waals surface area contributed by atoms with Crippen LogP contribution in [0, 0.1) is 5.92 Å².